The maximum Gasteiger partial charge on any atom is 0.255 e. The van der Waals surface area contributed by atoms with Gasteiger partial charge in [-0.3, -0.25) is 9.59 Å². The molecule has 2 N–H and O–H groups in total. The molecule has 0 atom stereocenters. The molecule has 126 valence electrons. The van der Waals surface area contributed by atoms with Crippen molar-refractivity contribution in [2.24, 2.45) is 0 Å². The fraction of sp³-hybridized carbons (Fsp3) is 0.300. The van der Waals surface area contributed by atoms with Gasteiger partial charge >= 0.3 is 0 Å². The van der Waals surface area contributed by atoms with E-state index < -0.39 is 0 Å². The Bertz CT molecular complexity index is 738. The second-order valence-electron chi connectivity index (χ2n) is 5.94. The quantitative estimate of drug-likeness (QED) is 0.786. The van der Waals surface area contributed by atoms with Gasteiger partial charge in [0.05, 0.1) is 0 Å². The number of benzene rings is 2. The largest absolute Gasteiger partial charge is 0.352 e. The van der Waals surface area contributed by atoms with Gasteiger partial charge in [0.2, 0.25) is 0 Å². The summed E-state index contributed by atoms with van der Waals surface area (Å²) in [6.07, 6.45) is 1.97. The summed E-state index contributed by atoms with van der Waals surface area (Å²) in [5, 5.41) is 5.73. The third kappa shape index (κ3) is 4.69. The lowest BCUT2D eigenvalue weighted by atomic mass is 10.1. The van der Waals surface area contributed by atoms with Crippen LogP contribution < -0.4 is 10.6 Å². The molecule has 0 aliphatic heterocycles. The molecule has 0 aliphatic rings. The number of nitrogens with one attached hydrogen (secondary N) is 2. The van der Waals surface area contributed by atoms with Crippen molar-refractivity contribution in [3.63, 3.8) is 0 Å². The minimum Gasteiger partial charge on any atom is -0.352 e. The molecule has 0 aliphatic carbocycles. The molecule has 2 aromatic rings. The molecule has 0 radical (unpaired) electrons. The van der Waals surface area contributed by atoms with Crippen LogP contribution in [0.4, 0.5) is 5.69 Å². The number of carbonyl (C=O) groups is 2. The Labute approximate surface area is 143 Å². The number of hydrogen-bond acceptors (Lipinski definition) is 2. The fourth-order valence-corrected chi connectivity index (χ4v) is 2.30. The molecule has 2 amide bonds. The average Bonchev–Trinajstić information content (AvgIpc) is 2.58. The third-order valence-corrected chi connectivity index (χ3v) is 3.97. The highest BCUT2D eigenvalue weighted by atomic mass is 16.2. The van der Waals surface area contributed by atoms with Crippen LogP contribution in [0.1, 0.15) is 51.6 Å². The fourth-order valence-electron chi connectivity index (χ4n) is 2.30. The van der Waals surface area contributed by atoms with Crippen molar-refractivity contribution in [2.75, 3.05) is 11.9 Å². The molecule has 24 heavy (non-hydrogen) atoms. The lowest BCUT2D eigenvalue weighted by Gasteiger charge is -2.09. The van der Waals surface area contributed by atoms with Crippen LogP contribution in [-0.4, -0.2) is 18.4 Å². The zero-order valence-electron chi connectivity index (χ0n) is 14.5. The highest BCUT2D eigenvalue weighted by molar-refractivity contribution is 6.06. The van der Waals surface area contributed by atoms with Gasteiger partial charge in [0.1, 0.15) is 0 Å². The standard InChI is InChI=1S/C20H24N2O2/c1-4-5-11-21-19(23)16-7-6-8-17(13-16)20(24)22-18-10-9-14(2)15(3)12-18/h6-10,12-13H,4-5,11H2,1-3H3,(H,21,23)(H,22,24). The third-order valence-electron chi connectivity index (χ3n) is 3.97. The Kier molecular flexibility index (Phi) is 6.13. The van der Waals surface area contributed by atoms with E-state index in [-0.39, 0.29) is 11.8 Å². The molecule has 4 nitrogen and oxygen atoms in total. The topological polar surface area (TPSA) is 58.2 Å². The first-order valence-corrected chi connectivity index (χ1v) is 8.28. The summed E-state index contributed by atoms with van der Waals surface area (Å²) in [5.41, 5.74) is 4.02. The van der Waals surface area contributed by atoms with E-state index in [0.717, 1.165) is 24.1 Å². The van der Waals surface area contributed by atoms with Gasteiger partial charge < -0.3 is 10.6 Å². The Morgan fingerprint density at radius 2 is 1.62 bits per heavy atom. The van der Waals surface area contributed by atoms with Crippen LogP contribution in [0, 0.1) is 13.8 Å². The highest BCUT2D eigenvalue weighted by Crippen LogP contribution is 2.15. The molecule has 4 heteroatoms. The molecule has 2 rings (SSSR count). The van der Waals surface area contributed by atoms with Crippen LogP contribution >= 0.6 is 0 Å². The van der Waals surface area contributed by atoms with Crippen molar-refractivity contribution in [3.05, 3.63) is 64.7 Å². The van der Waals surface area contributed by atoms with Crippen LogP contribution in [-0.2, 0) is 0 Å². The Balaban J connectivity index is 2.08. The van der Waals surface area contributed by atoms with E-state index in [0.29, 0.717) is 17.7 Å². The number of aryl methyl sites for hydroxylation is 2. The predicted molar refractivity (Wildman–Crippen MR) is 97.6 cm³/mol. The van der Waals surface area contributed by atoms with Gasteiger partial charge in [0.25, 0.3) is 11.8 Å². The van der Waals surface area contributed by atoms with Gasteiger partial charge in [-0.1, -0.05) is 25.5 Å². The molecular formula is C20H24N2O2. The Morgan fingerprint density at radius 3 is 2.29 bits per heavy atom. The smallest absolute Gasteiger partial charge is 0.255 e. The van der Waals surface area contributed by atoms with Gasteiger partial charge in [-0.05, 0) is 61.7 Å². The monoisotopic (exact) mass is 324 g/mol. The van der Waals surface area contributed by atoms with Crippen molar-refractivity contribution in [1.82, 2.24) is 5.32 Å². The lowest BCUT2D eigenvalue weighted by molar-refractivity contribution is 0.0953. The van der Waals surface area contributed by atoms with Crippen molar-refractivity contribution < 1.29 is 9.59 Å². The number of unbranched alkanes of at least 4 members (excludes halogenated alkanes) is 1. The van der Waals surface area contributed by atoms with Crippen molar-refractivity contribution >= 4 is 17.5 Å². The normalized spacial score (nSPS) is 10.3. The van der Waals surface area contributed by atoms with E-state index >= 15 is 0 Å². The van der Waals surface area contributed by atoms with Crippen LogP contribution in [0.15, 0.2) is 42.5 Å². The first-order chi connectivity index (χ1) is 11.5. The molecule has 0 fully saturated rings. The molecule has 0 saturated heterocycles. The van der Waals surface area contributed by atoms with E-state index in [9.17, 15) is 9.59 Å². The molecular weight excluding hydrogens is 300 g/mol. The van der Waals surface area contributed by atoms with Crippen LogP contribution in [0.3, 0.4) is 0 Å². The van der Waals surface area contributed by atoms with E-state index in [1.54, 1.807) is 24.3 Å². The summed E-state index contributed by atoms with van der Waals surface area (Å²) in [6, 6.07) is 12.6. The Morgan fingerprint density at radius 1 is 0.917 bits per heavy atom. The molecule has 0 bridgehead atoms. The molecule has 0 unspecified atom stereocenters. The summed E-state index contributed by atoms with van der Waals surface area (Å²) < 4.78 is 0. The average molecular weight is 324 g/mol. The minimum absolute atomic E-state index is 0.149. The van der Waals surface area contributed by atoms with Crippen LogP contribution in [0.25, 0.3) is 0 Å². The zero-order chi connectivity index (χ0) is 17.5. The summed E-state index contributed by atoms with van der Waals surface area (Å²) in [6.45, 7) is 6.76. The van der Waals surface area contributed by atoms with Crippen molar-refractivity contribution in [1.29, 1.82) is 0 Å². The number of anilines is 1. The number of amides is 2. The summed E-state index contributed by atoms with van der Waals surface area (Å²) >= 11 is 0. The van der Waals surface area contributed by atoms with Gasteiger partial charge in [0, 0.05) is 23.4 Å². The van der Waals surface area contributed by atoms with Gasteiger partial charge in [-0.15, -0.1) is 0 Å². The first-order valence-electron chi connectivity index (χ1n) is 8.28. The zero-order valence-corrected chi connectivity index (χ0v) is 14.5. The maximum absolute atomic E-state index is 12.4. The minimum atomic E-state index is -0.221. The lowest BCUT2D eigenvalue weighted by Crippen LogP contribution is -2.24. The number of carbonyl (C=O) groups excluding carboxylic acids is 2. The molecule has 2 aromatic carbocycles. The van der Waals surface area contributed by atoms with E-state index in [1.807, 2.05) is 32.0 Å². The summed E-state index contributed by atoms with van der Waals surface area (Å²) in [4.78, 5) is 24.5. The highest BCUT2D eigenvalue weighted by Gasteiger charge is 2.11. The molecule has 0 aromatic heterocycles. The molecule has 0 heterocycles. The predicted octanol–water partition coefficient (Wildman–Crippen LogP) is 4.09. The number of rotatable bonds is 6. The molecule has 0 spiro atoms. The van der Waals surface area contributed by atoms with Crippen molar-refractivity contribution in [2.45, 2.75) is 33.6 Å². The summed E-state index contributed by atoms with van der Waals surface area (Å²) in [5.74, 6) is -0.370. The second kappa shape index (κ2) is 8.29. The maximum atomic E-state index is 12.4. The van der Waals surface area contributed by atoms with Crippen LogP contribution in [0.2, 0.25) is 0 Å². The first kappa shape index (κ1) is 17.7. The van der Waals surface area contributed by atoms with E-state index in [4.69, 9.17) is 0 Å². The molecule has 0 saturated carbocycles. The SMILES string of the molecule is CCCCNC(=O)c1cccc(C(=O)Nc2ccc(C)c(C)c2)c1. The van der Waals surface area contributed by atoms with Gasteiger partial charge in [-0.25, -0.2) is 0 Å². The van der Waals surface area contributed by atoms with Crippen LogP contribution in [0.5, 0.6) is 0 Å². The van der Waals surface area contributed by atoms with Gasteiger partial charge in [0.15, 0.2) is 0 Å². The summed E-state index contributed by atoms with van der Waals surface area (Å²) in [7, 11) is 0. The van der Waals surface area contributed by atoms with Gasteiger partial charge in [-0.2, -0.15) is 0 Å². The Hall–Kier alpha value is -2.62. The second-order valence-corrected chi connectivity index (χ2v) is 5.94. The van der Waals surface area contributed by atoms with E-state index in [2.05, 4.69) is 17.6 Å². The number of hydrogen-bond donors (Lipinski definition) is 2. The van der Waals surface area contributed by atoms with E-state index in [1.165, 1.54) is 5.56 Å². The van der Waals surface area contributed by atoms with Crippen molar-refractivity contribution in [3.8, 4) is 0 Å².